The first-order valence-electron chi connectivity index (χ1n) is 6.33. The molecule has 0 bridgehead atoms. The summed E-state index contributed by atoms with van der Waals surface area (Å²) in [6.45, 7) is 1.53. The van der Waals surface area contributed by atoms with Gasteiger partial charge in [0, 0.05) is 0 Å². The maximum absolute atomic E-state index is 13.5. The summed E-state index contributed by atoms with van der Waals surface area (Å²) >= 11 is 0. The third kappa shape index (κ3) is 3.57. The van der Waals surface area contributed by atoms with Crippen LogP contribution in [0.5, 0.6) is 5.75 Å². The maximum Gasteiger partial charge on any atom is 0.265 e. The number of carbonyl (C=O) groups excluding carboxylic acids is 1. The van der Waals surface area contributed by atoms with Crippen LogP contribution in [-0.2, 0) is 4.79 Å². The van der Waals surface area contributed by atoms with E-state index in [4.69, 9.17) is 10.00 Å². The lowest BCUT2D eigenvalue weighted by Crippen LogP contribution is -2.30. The molecule has 5 heteroatoms. The summed E-state index contributed by atoms with van der Waals surface area (Å²) in [5.74, 6) is -0.695. The molecule has 4 nitrogen and oxygen atoms in total. The van der Waals surface area contributed by atoms with Crippen LogP contribution in [0.1, 0.15) is 12.5 Å². The second-order valence-electron chi connectivity index (χ2n) is 4.34. The summed E-state index contributed by atoms with van der Waals surface area (Å²) in [4.78, 5) is 12.0. The number of ether oxygens (including phenoxy) is 1. The predicted molar refractivity (Wildman–Crippen MR) is 76.3 cm³/mol. The Hall–Kier alpha value is -2.87. The smallest absolute Gasteiger partial charge is 0.265 e. The highest BCUT2D eigenvalue weighted by Crippen LogP contribution is 2.19. The minimum atomic E-state index is -0.862. The second kappa shape index (κ2) is 6.53. The Balaban J connectivity index is 2.07. The molecule has 2 rings (SSSR count). The molecule has 0 aliphatic rings. The molecule has 0 spiro atoms. The zero-order valence-electron chi connectivity index (χ0n) is 11.3. The second-order valence-corrected chi connectivity index (χ2v) is 4.34. The lowest BCUT2D eigenvalue weighted by Gasteiger charge is -2.15. The van der Waals surface area contributed by atoms with Crippen molar-refractivity contribution in [2.75, 3.05) is 5.32 Å². The molecular formula is C16H13FN2O2. The van der Waals surface area contributed by atoms with Gasteiger partial charge in [-0.2, -0.15) is 5.26 Å². The van der Waals surface area contributed by atoms with E-state index in [2.05, 4.69) is 5.32 Å². The number of nitriles is 1. The fourth-order valence-electron chi connectivity index (χ4n) is 1.70. The number of amides is 1. The molecule has 21 heavy (non-hydrogen) atoms. The normalized spacial score (nSPS) is 11.3. The number of para-hydroxylation sites is 2. The van der Waals surface area contributed by atoms with Gasteiger partial charge in [-0.3, -0.25) is 4.79 Å². The van der Waals surface area contributed by atoms with E-state index in [1.54, 1.807) is 30.3 Å². The van der Waals surface area contributed by atoms with E-state index in [1.807, 2.05) is 6.07 Å². The number of rotatable bonds is 4. The van der Waals surface area contributed by atoms with Crippen molar-refractivity contribution in [3.05, 3.63) is 59.9 Å². The Bertz CT molecular complexity index is 695. The Labute approximate surface area is 121 Å². The highest BCUT2D eigenvalue weighted by molar-refractivity contribution is 5.94. The number of nitrogens with zero attached hydrogens (tertiary/aromatic N) is 1. The quantitative estimate of drug-likeness (QED) is 0.938. The number of benzene rings is 2. The van der Waals surface area contributed by atoms with E-state index in [0.717, 1.165) is 0 Å². The van der Waals surface area contributed by atoms with Crippen molar-refractivity contribution in [1.29, 1.82) is 5.26 Å². The zero-order chi connectivity index (χ0) is 15.2. The van der Waals surface area contributed by atoms with Gasteiger partial charge in [0.05, 0.1) is 11.3 Å². The van der Waals surface area contributed by atoms with Crippen molar-refractivity contribution in [2.45, 2.75) is 13.0 Å². The highest BCUT2D eigenvalue weighted by Gasteiger charge is 2.17. The standard InChI is InChI=1S/C16H13FN2O2/c1-11(21-15-9-5-2-6-12(15)10-18)16(20)19-14-8-4-3-7-13(14)17/h2-9,11H,1H3,(H,19,20)/t11-/m1/s1. The van der Waals surface area contributed by atoms with E-state index >= 15 is 0 Å². The minimum absolute atomic E-state index is 0.0894. The highest BCUT2D eigenvalue weighted by atomic mass is 19.1. The van der Waals surface area contributed by atoms with Crippen molar-refractivity contribution in [3.63, 3.8) is 0 Å². The fourth-order valence-corrected chi connectivity index (χ4v) is 1.70. The SMILES string of the molecule is C[C@@H](Oc1ccccc1C#N)C(=O)Nc1ccccc1F. The van der Waals surface area contributed by atoms with Gasteiger partial charge in [-0.1, -0.05) is 24.3 Å². The molecule has 0 aliphatic carbocycles. The van der Waals surface area contributed by atoms with Crippen LogP contribution in [0.2, 0.25) is 0 Å². The van der Waals surface area contributed by atoms with Crippen LogP contribution < -0.4 is 10.1 Å². The molecule has 2 aromatic rings. The maximum atomic E-state index is 13.5. The molecule has 106 valence electrons. The van der Waals surface area contributed by atoms with Crippen molar-refractivity contribution in [3.8, 4) is 11.8 Å². The molecular weight excluding hydrogens is 271 g/mol. The van der Waals surface area contributed by atoms with E-state index in [1.165, 1.54) is 25.1 Å². The number of hydrogen-bond donors (Lipinski definition) is 1. The fraction of sp³-hybridized carbons (Fsp3) is 0.125. The Morgan fingerprint density at radius 3 is 2.62 bits per heavy atom. The third-order valence-electron chi connectivity index (χ3n) is 2.81. The van der Waals surface area contributed by atoms with E-state index in [9.17, 15) is 9.18 Å². The van der Waals surface area contributed by atoms with Gasteiger partial charge in [-0.15, -0.1) is 0 Å². The lowest BCUT2D eigenvalue weighted by molar-refractivity contribution is -0.122. The molecule has 0 fully saturated rings. The molecule has 0 saturated carbocycles. The van der Waals surface area contributed by atoms with Crippen LogP contribution in [0, 0.1) is 17.1 Å². The summed E-state index contributed by atoms with van der Waals surface area (Å²) in [7, 11) is 0. The van der Waals surface area contributed by atoms with Gasteiger partial charge in [0.1, 0.15) is 17.6 Å². The van der Waals surface area contributed by atoms with Crippen molar-refractivity contribution >= 4 is 11.6 Å². The molecule has 0 saturated heterocycles. The van der Waals surface area contributed by atoms with Gasteiger partial charge in [-0.05, 0) is 31.2 Å². The number of anilines is 1. The topological polar surface area (TPSA) is 62.1 Å². The monoisotopic (exact) mass is 284 g/mol. The van der Waals surface area contributed by atoms with E-state index in [0.29, 0.717) is 11.3 Å². The summed E-state index contributed by atoms with van der Waals surface area (Å²) < 4.78 is 18.9. The summed E-state index contributed by atoms with van der Waals surface area (Å²) in [6.07, 6.45) is -0.862. The number of carbonyl (C=O) groups is 1. The first-order chi connectivity index (χ1) is 10.1. The van der Waals surface area contributed by atoms with Crippen LogP contribution in [-0.4, -0.2) is 12.0 Å². The largest absolute Gasteiger partial charge is 0.480 e. The van der Waals surface area contributed by atoms with Gasteiger partial charge in [0.15, 0.2) is 6.10 Å². The Morgan fingerprint density at radius 2 is 1.90 bits per heavy atom. The van der Waals surface area contributed by atoms with Gasteiger partial charge in [0.25, 0.3) is 5.91 Å². The number of hydrogen-bond acceptors (Lipinski definition) is 3. The van der Waals surface area contributed by atoms with E-state index < -0.39 is 17.8 Å². The van der Waals surface area contributed by atoms with Crippen molar-refractivity contribution < 1.29 is 13.9 Å². The summed E-state index contributed by atoms with van der Waals surface area (Å²) in [5.41, 5.74) is 0.426. The Morgan fingerprint density at radius 1 is 1.24 bits per heavy atom. The zero-order valence-corrected chi connectivity index (χ0v) is 11.3. The van der Waals surface area contributed by atoms with Crippen LogP contribution in [0.3, 0.4) is 0 Å². The molecule has 1 amide bonds. The van der Waals surface area contributed by atoms with Crippen LogP contribution in [0.15, 0.2) is 48.5 Å². The molecule has 0 aliphatic heterocycles. The first kappa shape index (κ1) is 14.5. The average Bonchev–Trinajstić information content (AvgIpc) is 2.50. The minimum Gasteiger partial charge on any atom is -0.480 e. The molecule has 0 radical (unpaired) electrons. The molecule has 1 atom stereocenters. The average molecular weight is 284 g/mol. The van der Waals surface area contributed by atoms with Gasteiger partial charge >= 0.3 is 0 Å². The first-order valence-corrected chi connectivity index (χ1v) is 6.33. The van der Waals surface area contributed by atoms with Gasteiger partial charge in [-0.25, -0.2) is 4.39 Å². The molecule has 1 N–H and O–H groups in total. The third-order valence-corrected chi connectivity index (χ3v) is 2.81. The summed E-state index contributed by atoms with van der Waals surface area (Å²) in [5, 5.41) is 11.4. The molecule has 0 unspecified atom stereocenters. The molecule has 2 aromatic carbocycles. The van der Waals surface area contributed by atoms with Crippen LogP contribution >= 0.6 is 0 Å². The predicted octanol–water partition coefficient (Wildman–Crippen LogP) is 3.10. The summed E-state index contributed by atoms with van der Waals surface area (Å²) in [6, 6.07) is 14.5. The molecule has 0 aromatic heterocycles. The lowest BCUT2D eigenvalue weighted by atomic mass is 10.2. The van der Waals surface area contributed by atoms with Crippen LogP contribution in [0.25, 0.3) is 0 Å². The van der Waals surface area contributed by atoms with Crippen molar-refractivity contribution in [2.24, 2.45) is 0 Å². The van der Waals surface area contributed by atoms with Crippen molar-refractivity contribution in [1.82, 2.24) is 0 Å². The number of halogens is 1. The number of nitrogens with one attached hydrogen (secondary N) is 1. The van der Waals surface area contributed by atoms with E-state index in [-0.39, 0.29) is 5.69 Å². The van der Waals surface area contributed by atoms with Crippen LogP contribution in [0.4, 0.5) is 10.1 Å². The Kier molecular flexibility index (Phi) is 4.52. The van der Waals surface area contributed by atoms with Gasteiger partial charge < -0.3 is 10.1 Å². The van der Waals surface area contributed by atoms with Gasteiger partial charge in [0.2, 0.25) is 0 Å². The molecule has 0 heterocycles.